The highest BCUT2D eigenvalue weighted by molar-refractivity contribution is 5.89. The number of hydrogen-bond donors (Lipinski definition) is 1. The number of carbonyl (C=O) groups excluding carboxylic acids is 1. The van der Waals surface area contributed by atoms with Crippen LogP contribution in [0.2, 0.25) is 0 Å². The molecule has 3 fully saturated rings. The first kappa shape index (κ1) is 19.4. The number of aromatic nitrogens is 2. The molecule has 0 unspecified atom stereocenters. The number of hydrogen-bond acceptors (Lipinski definition) is 8. The molecule has 1 aliphatic heterocycles. The van der Waals surface area contributed by atoms with E-state index in [1.54, 1.807) is 24.3 Å². The fourth-order valence-electron chi connectivity index (χ4n) is 4.81. The normalized spacial score (nSPS) is 28.7. The van der Waals surface area contributed by atoms with E-state index in [2.05, 4.69) is 15.1 Å². The summed E-state index contributed by atoms with van der Waals surface area (Å²) in [5.41, 5.74) is 0.473. The van der Waals surface area contributed by atoms with E-state index in [-0.39, 0.29) is 12.1 Å². The van der Waals surface area contributed by atoms with E-state index in [0.29, 0.717) is 41.5 Å². The Bertz CT molecular complexity index is 894. The zero-order chi connectivity index (χ0) is 20.7. The summed E-state index contributed by atoms with van der Waals surface area (Å²) in [5.74, 6) is 2.26. The zero-order valence-corrected chi connectivity index (χ0v) is 17.1. The van der Waals surface area contributed by atoms with Crippen LogP contribution in [-0.4, -0.2) is 53.7 Å². The van der Waals surface area contributed by atoms with Crippen LogP contribution in [0.1, 0.15) is 54.3 Å². The molecule has 8 nitrogen and oxygen atoms in total. The van der Waals surface area contributed by atoms with E-state index in [1.165, 1.54) is 13.5 Å². The number of ether oxygens (including phenoxy) is 2. The molecule has 0 bridgehead atoms. The highest BCUT2D eigenvalue weighted by atomic mass is 16.5. The van der Waals surface area contributed by atoms with Gasteiger partial charge in [0.25, 0.3) is 0 Å². The van der Waals surface area contributed by atoms with Gasteiger partial charge in [0, 0.05) is 19.0 Å². The first-order valence-electron chi connectivity index (χ1n) is 10.7. The molecule has 1 N–H and O–H groups in total. The van der Waals surface area contributed by atoms with Crippen LogP contribution in [0.3, 0.4) is 0 Å². The topological polar surface area (TPSA) is 97.9 Å². The lowest BCUT2D eigenvalue weighted by Gasteiger charge is -2.35. The van der Waals surface area contributed by atoms with Crippen LogP contribution in [0, 0.1) is 11.8 Å². The van der Waals surface area contributed by atoms with Gasteiger partial charge in [-0.1, -0.05) is 11.5 Å². The fraction of sp³-hybridized carbons (Fsp3) is 0.591. The third-order valence-corrected chi connectivity index (χ3v) is 6.80. The van der Waals surface area contributed by atoms with Gasteiger partial charge >= 0.3 is 12.0 Å². The van der Waals surface area contributed by atoms with E-state index < -0.39 is 6.10 Å². The van der Waals surface area contributed by atoms with E-state index in [9.17, 15) is 9.90 Å². The second kappa shape index (κ2) is 7.91. The number of rotatable bonds is 5. The molecule has 4 atom stereocenters. The SMILES string of the molecule is COC(=O)c1ccc(O[C@H]2C[C@@H]3CN(c4nnc(C5CCC5)o4)C[C@@H]3C[C@@H]2O)cc1. The number of fused-ring (bicyclic) bond motifs is 1. The van der Waals surface area contributed by atoms with Crippen LogP contribution in [0.15, 0.2) is 28.7 Å². The minimum Gasteiger partial charge on any atom is -0.488 e. The van der Waals surface area contributed by atoms with E-state index in [1.807, 2.05) is 0 Å². The fourth-order valence-corrected chi connectivity index (χ4v) is 4.81. The van der Waals surface area contributed by atoms with Gasteiger partial charge in [0.1, 0.15) is 11.9 Å². The maximum atomic E-state index is 11.6. The Morgan fingerprint density at radius 2 is 1.87 bits per heavy atom. The highest BCUT2D eigenvalue weighted by Gasteiger charge is 2.44. The summed E-state index contributed by atoms with van der Waals surface area (Å²) in [4.78, 5) is 13.7. The van der Waals surface area contributed by atoms with Crippen molar-refractivity contribution in [3.8, 4) is 5.75 Å². The molecular weight excluding hydrogens is 386 g/mol. The van der Waals surface area contributed by atoms with Crippen LogP contribution in [-0.2, 0) is 4.74 Å². The van der Waals surface area contributed by atoms with Crippen molar-refractivity contribution >= 4 is 12.0 Å². The van der Waals surface area contributed by atoms with Gasteiger partial charge in [-0.15, -0.1) is 5.10 Å². The van der Waals surface area contributed by atoms with Crippen molar-refractivity contribution < 1.29 is 23.8 Å². The molecule has 30 heavy (non-hydrogen) atoms. The lowest BCUT2D eigenvalue weighted by Crippen LogP contribution is -2.42. The number of anilines is 1. The predicted octanol–water partition coefficient (Wildman–Crippen LogP) is 2.78. The van der Waals surface area contributed by atoms with Crippen molar-refractivity contribution in [1.29, 1.82) is 0 Å². The highest BCUT2D eigenvalue weighted by Crippen LogP contribution is 2.41. The number of benzene rings is 1. The standard InChI is InChI=1S/C22H27N3O5/c1-28-21(27)14-5-7-17(8-6-14)29-19-10-16-12-25(11-15(16)9-18(19)26)22-24-23-20(30-22)13-3-2-4-13/h5-8,13,15-16,18-19,26H,2-4,9-12H2,1H3/t15-,16+,18-,19-/m0/s1. The van der Waals surface area contributed by atoms with Crippen LogP contribution >= 0.6 is 0 Å². The molecule has 8 heteroatoms. The van der Waals surface area contributed by atoms with Gasteiger partial charge in [-0.2, -0.15) is 0 Å². The smallest absolute Gasteiger partial charge is 0.337 e. The summed E-state index contributed by atoms with van der Waals surface area (Å²) >= 11 is 0. The average Bonchev–Trinajstić information content (AvgIpc) is 3.34. The first-order chi connectivity index (χ1) is 14.6. The molecule has 3 aliphatic rings. The molecule has 1 aromatic carbocycles. The quantitative estimate of drug-likeness (QED) is 0.748. The van der Waals surface area contributed by atoms with Gasteiger partial charge in [0.2, 0.25) is 5.89 Å². The Hall–Kier alpha value is -2.61. The molecule has 0 radical (unpaired) electrons. The third kappa shape index (κ3) is 3.64. The first-order valence-corrected chi connectivity index (χ1v) is 10.7. The van der Waals surface area contributed by atoms with Crippen LogP contribution in [0.25, 0.3) is 0 Å². The summed E-state index contributed by atoms with van der Waals surface area (Å²) in [5, 5.41) is 19.2. The largest absolute Gasteiger partial charge is 0.488 e. The van der Waals surface area contributed by atoms with Gasteiger partial charge in [-0.05, 0) is 61.8 Å². The molecule has 160 valence electrons. The Labute approximate surface area is 175 Å². The van der Waals surface area contributed by atoms with E-state index >= 15 is 0 Å². The Balaban J connectivity index is 1.21. The van der Waals surface area contributed by atoms with Crippen LogP contribution in [0.4, 0.5) is 6.01 Å². The Kier molecular flexibility index (Phi) is 5.10. The monoisotopic (exact) mass is 413 g/mol. The van der Waals surface area contributed by atoms with Crippen molar-refractivity contribution in [3.05, 3.63) is 35.7 Å². The second-order valence-corrected chi connectivity index (χ2v) is 8.69. The zero-order valence-electron chi connectivity index (χ0n) is 17.1. The molecule has 5 rings (SSSR count). The minimum atomic E-state index is -0.528. The summed E-state index contributed by atoms with van der Waals surface area (Å²) in [6.07, 6.45) is 4.17. The average molecular weight is 413 g/mol. The number of carbonyl (C=O) groups is 1. The van der Waals surface area contributed by atoms with E-state index in [4.69, 9.17) is 13.9 Å². The molecule has 0 spiro atoms. The van der Waals surface area contributed by atoms with Crippen molar-refractivity contribution in [3.63, 3.8) is 0 Å². The number of methoxy groups -OCH3 is 1. The van der Waals surface area contributed by atoms with Crippen LogP contribution in [0.5, 0.6) is 5.75 Å². The van der Waals surface area contributed by atoms with Crippen molar-refractivity contribution in [2.45, 2.75) is 50.2 Å². The van der Waals surface area contributed by atoms with Crippen LogP contribution < -0.4 is 9.64 Å². The third-order valence-electron chi connectivity index (χ3n) is 6.80. The van der Waals surface area contributed by atoms with Gasteiger partial charge in [-0.25, -0.2) is 4.79 Å². The number of aliphatic hydroxyl groups is 1. The number of nitrogens with zero attached hydrogens (tertiary/aromatic N) is 3. The van der Waals surface area contributed by atoms with Gasteiger partial charge < -0.3 is 23.9 Å². The number of esters is 1. The van der Waals surface area contributed by atoms with Gasteiger partial charge in [0.05, 0.1) is 18.8 Å². The molecular formula is C22H27N3O5. The maximum absolute atomic E-state index is 11.6. The molecule has 2 heterocycles. The summed E-state index contributed by atoms with van der Waals surface area (Å²) in [7, 11) is 1.36. The van der Waals surface area contributed by atoms with Crippen molar-refractivity contribution in [2.75, 3.05) is 25.1 Å². The lowest BCUT2D eigenvalue weighted by atomic mass is 9.78. The van der Waals surface area contributed by atoms with E-state index in [0.717, 1.165) is 38.2 Å². The summed E-state index contributed by atoms with van der Waals surface area (Å²) < 4.78 is 16.7. The van der Waals surface area contributed by atoms with Gasteiger partial charge in [0.15, 0.2) is 0 Å². The van der Waals surface area contributed by atoms with Crippen molar-refractivity contribution in [1.82, 2.24) is 10.2 Å². The lowest BCUT2D eigenvalue weighted by molar-refractivity contribution is -0.0231. The Morgan fingerprint density at radius 3 is 2.53 bits per heavy atom. The summed E-state index contributed by atoms with van der Waals surface area (Å²) in [6, 6.07) is 7.44. The maximum Gasteiger partial charge on any atom is 0.337 e. The van der Waals surface area contributed by atoms with Gasteiger partial charge in [-0.3, -0.25) is 0 Å². The molecule has 1 aromatic heterocycles. The molecule has 2 aliphatic carbocycles. The second-order valence-electron chi connectivity index (χ2n) is 8.69. The molecule has 2 aromatic rings. The molecule has 0 amide bonds. The minimum absolute atomic E-state index is 0.275. The Morgan fingerprint density at radius 1 is 1.13 bits per heavy atom. The molecule has 1 saturated heterocycles. The molecule has 2 saturated carbocycles. The predicted molar refractivity (Wildman–Crippen MR) is 108 cm³/mol. The van der Waals surface area contributed by atoms with Crippen molar-refractivity contribution in [2.24, 2.45) is 11.8 Å². The summed E-state index contributed by atoms with van der Waals surface area (Å²) in [6.45, 7) is 1.67. The number of aliphatic hydroxyl groups excluding tert-OH is 1.